The largest absolute Gasteiger partial charge is 0.506 e. The van der Waals surface area contributed by atoms with Gasteiger partial charge in [0.05, 0.1) is 11.0 Å². The van der Waals surface area contributed by atoms with E-state index in [9.17, 15) is 5.11 Å². The monoisotopic (exact) mass is 445 g/mol. The normalized spacial score (nSPS) is 11.5. The molecule has 1 N–H and O–H groups in total. The lowest BCUT2D eigenvalue weighted by Crippen LogP contribution is -1.99. The van der Waals surface area contributed by atoms with Crippen molar-refractivity contribution >= 4 is 32.7 Å². The second-order valence-electron chi connectivity index (χ2n) is 8.73. The zero-order chi connectivity index (χ0) is 23.4. The molecule has 3 aromatic carbocycles. The summed E-state index contributed by atoms with van der Waals surface area (Å²) < 4.78 is 8.44. The SMILES string of the molecule is Cc1cc(O)c2nc(Oc3cc4c(cc3C)c3ccccc3n4-c3cccc(C)n3)ccc2c1. The number of phenolic OH excluding ortho intramolecular Hbond substituents is 1. The lowest BCUT2D eigenvalue weighted by atomic mass is 10.1. The minimum atomic E-state index is 0.151. The van der Waals surface area contributed by atoms with Crippen LogP contribution in [-0.2, 0) is 0 Å². The molecular weight excluding hydrogens is 422 g/mol. The van der Waals surface area contributed by atoms with Crippen molar-refractivity contribution in [2.75, 3.05) is 0 Å². The fraction of sp³-hybridized carbons (Fsp3) is 0.103. The highest BCUT2D eigenvalue weighted by atomic mass is 16.5. The average Bonchev–Trinajstić information content (AvgIpc) is 3.13. The van der Waals surface area contributed by atoms with E-state index < -0.39 is 0 Å². The number of para-hydroxylation sites is 1. The highest BCUT2D eigenvalue weighted by molar-refractivity contribution is 6.09. The molecule has 6 aromatic rings. The first-order valence-corrected chi connectivity index (χ1v) is 11.2. The highest BCUT2D eigenvalue weighted by Gasteiger charge is 2.16. The van der Waals surface area contributed by atoms with Crippen LogP contribution in [0.15, 0.2) is 78.9 Å². The van der Waals surface area contributed by atoms with Crippen LogP contribution < -0.4 is 4.74 Å². The number of fused-ring (bicyclic) bond motifs is 4. The summed E-state index contributed by atoms with van der Waals surface area (Å²) >= 11 is 0. The molecular formula is C29H23N3O2. The molecule has 0 unspecified atom stereocenters. The predicted molar refractivity (Wildman–Crippen MR) is 136 cm³/mol. The molecule has 5 heteroatoms. The molecule has 3 aromatic heterocycles. The van der Waals surface area contributed by atoms with Gasteiger partial charge in [-0.1, -0.05) is 24.3 Å². The van der Waals surface area contributed by atoms with Gasteiger partial charge in [0.1, 0.15) is 22.8 Å². The lowest BCUT2D eigenvalue weighted by molar-refractivity contribution is 0.457. The number of ether oxygens (including phenoxy) is 1. The van der Waals surface area contributed by atoms with Gasteiger partial charge in [0.2, 0.25) is 5.88 Å². The Morgan fingerprint density at radius 3 is 2.47 bits per heavy atom. The number of phenols is 1. The van der Waals surface area contributed by atoms with Gasteiger partial charge in [-0.2, -0.15) is 0 Å². The molecule has 0 aliphatic rings. The quantitative estimate of drug-likeness (QED) is 0.314. The third-order valence-electron chi connectivity index (χ3n) is 6.18. The van der Waals surface area contributed by atoms with Gasteiger partial charge in [0, 0.05) is 34.0 Å². The van der Waals surface area contributed by atoms with Crippen LogP contribution in [0.1, 0.15) is 16.8 Å². The van der Waals surface area contributed by atoms with E-state index in [4.69, 9.17) is 9.72 Å². The summed E-state index contributed by atoms with van der Waals surface area (Å²) in [6, 6.07) is 26.1. The number of nitrogens with zero attached hydrogens (tertiary/aromatic N) is 3. The average molecular weight is 446 g/mol. The second kappa shape index (κ2) is 7.59. The van der Waals surface area contributed by atoms with Crippen molar-refractivity contribution in [2.24, 2.45) is 0 Å². The van der Waals surface area contributed by atoms with Gasteiger partial charge in [-0.15, -0.1) is 0 Å². The Kier molecular flexibility index (Phi) is 4.52. The van der Waals surface area contributed by atoms with E-state index in [2.05, 4.69) is 39.9 Å². The number of rotatable bonds is 3. The van der Waals surface area contributed by atoms with Crippen LogP contribution in [-0.4, -0.2) is 19.6 Å². The van der Waals surface area contributed by atoms with Gasteiger partial charge < -0.3 is 9.84 Å². The predicted octanol–water partition coefficient (Wildman–Crippen LogP) is 7.15. The molecule has 0 saturated carbocycles. The number of hydrogen-bond donors (Lipinski definition) is 1. The molecule has 0 bridgehead atoms. The summed E-state index contributed by atoms with van der Waals surface area (Å²) in [5.41, 5.74) is 5.58. The van der Waals surface area contributed by atoms with Crippen molar-refractivity contribution < 1.29 is 9.84 Å². The van der Waals surface area contributed by atoms with E-state index >= 15 is 0 Å². The molecule has 5 nitrogen and oxygen atoms in total. The van der Waals surface area contributed by atoms with E-state index in [1.165, 1.54) is 5.39 Å². The molecule has 0 radical (unpaired) electrons. The van der Waals surface area contributed by atoms with Gasteiger partial charge in [0.25, 0.3) is 0 Å². The Bertz CT molecular complexity index is 1730. The van der Waals surface area contributed by atoms with Crippen LogP contribution in [0.4, 0.5) is 0 Å². The Labute approximate surface area is 196 Å². The maximum atomic E-state index is 10.4. The molecule has 0 fully saturated rings. The number of pyridine rings is 2. The molecule has 0 atom stereocenters. The molecule has 0 spiro atoms. The standard InChI is InChI=1S/C29H23N3O2/c1-17-13-20-11-12-28(31-29(20)25(33)14-17)34-26-16-24-22(15-18(26)2)21-8-4-5-9-23(21)32(24)27-10-6-7-19(3)30-27/h4-16,33H,1-3H3. The van der Waals surface area contributed by atoms with Crippen LogP contribution in [0.25, 0.3) is 38.5 Å². The second-order valence-corrected chi connectivity index (χ2v) is 8.73. The number of benzene rings is 3. The minimum absolute atomic E-state index is 0.151. The van der Waals surface area contributed by atoms with E-state index in [1.54, 1.807) is 6.07 Å². The van der Waals surface area contributed by atoms with E-state index in [0.717, 1.165) is 44.4 Å². The van der Waals surface area contributed by atoms with Gasteiger partial charge in [-0.3, -0.25) is 4.57 Å². The van der Waals surface area contributed by atoms with Gasteiger partial charge in [-0.25, -0.2) is 9.97 Å². The maximum Gasteiger partial charge on any atom is 0.219 e. The van der Waals surface area contributed by atoms with Crippen molar-refractivity contribution in [1.29, 1.82) is 0 Å². The zero-order valence-corrected chi connectivity index (χ0v) is 19.2. The summed E-state index contributed by atoms with van der Waals surface area (Å²) in [7, 11) is 0. The number of aromatic nitrogens is 3. The molecule has 0 saturated heterocycles. The smallest absolute Gasteiger partial charge is 0.219 e. The molecule has 34 heavy (non-hydrogen) atoms. The van der Waals surface area contributed by atoms with Crippen molar-refractivity contribution in [3.63, 3.8) is 0 Å². The van der Waals surface area contributed by atoms with Gasteiger partial charge in [-0.05, 0) is 74.4 Å². The molecule has 3 heterocycles. The fourth-order valence-electron chi connectivity index (χ4n) is 4.63. The van der Waals surface area contributed by atoms with E-state index in [-0.39, 0.29) is 5.75 Å². The van der Waals surface area contributed by atoms with Crippen LogP contribution in [0.3, 0.4) is 0 Å². The van der Waals surface area contributed by atoms with Crippen LogP contribution >= 0.6 is 0 Å². The topological polar surface area (TPSA) is 60.2 Å². The Morgan fingerprint density at radius 1 is 0.765 bits per heavy atom. The minimum Gasteiger partial charge on any atom is -0.506 e. The summed E-state index contributed by atoms with van der Waals surface area (Å²) in [5.74, 6) is 2.16. The van der Waals surface area contributed by atoms with Crippen LogP contribution in [0.2, 0.25) is 0 Å². The first-order chi connectivity index (χ1) is 16.5. The number of aromatic hydroxyl groups is 1. The summed E-state index contributed by atoms with van der Waals surface area (Å²) in [6.45, 7) is 5.98. The maximum absolute atomic E-state index is 10.4. The number of aryl methyl sites for hydroxylation is 3. The summed E-state index contributed by atoms with van der Waals surface area (Å²) in [4.78, 5) is 9.36. The molecule has 0 aliphatic carbocycles. The van der Waals surface area contributed by atoms with Crippen molar-refractivity contribution in [1.82, 2.24) is 14.5 Å². The summed E-state index contributed by atoms with van der Waals surface area (Å²) in [5, 5.41) is 13.6. The van der Waals surface area contributed by atoms with Crippen molar-refractivity contribution in [3.8, 4) is 23.2 Å². The van der Waals surface area contributed by atoms with E-state index in [1.807, 2.05) is 63.2 Å². The first-order valence-electron chi connectivity index (χ1n) is 11.2. The van der Waals surface area contributed by atoms with Crippen molar-refractivity contribution in [3.05, 3.63) is 95.7 Å². The number of hydrogen-bond acceptors (Lipinski definition) is 4. The third kappa shape index (κ3) is 3.25. The zero-order valence-electron chi connectivity index (χ0n) is 19.2. The Hall–Kier alpha value is -4.38. The molecule has 166 valence electrons. The van der Waals surface area contributed by atoms with Gasteiger partial charge in [0.15, 0.2) is 0 Å². The first kappa shape index (κ1) is 20.2. The molecule has 0 amide bonds. The highest BCUT2D eigenvalue weighted by Crippen LogP contribution is 2.37. The Balaban J connectivity index is 1.54. The van der Waals surface area contributed by atoms with E-state index in [0.29, 0.717) is 17.1 Å². The van der Waals surface area contributed by atoms with Gasteiger partial charge >= 0.3 is 0 Å². The third-order valence-corrected chi connectivity index (χ3v) is 6.18. The van der Waals surface area contributed by atoms with Crippen molar-refractivity contribution in [2.45, 2.75) is 20.8 Å². The van der Waals surface area contributed by atoms with Crippen LogP contribution in [0.5, 0.6) is 17.4 Å². The molecule has 6 rings (SSSR count). The lowest BCUT2D eigenvalue weighted by Gasteiger charge is -2.12. The molecule has 0 aliphatic heterocycles. The van der Waals surface area contributed by atoms with Crippen LogP contribution in [0, 0.1) is 20.8 Å². The Morgan fingerprint density at radius 2 is 1.62 bits per heavy atom. The fourth-order valence-corrected chi connectivity index (χ4v) is 4.63. The summed E-state index contributed by atoms with van der Waals surface area (Å²) in [6.07, 6.45) is 0.